The third-order valence-corrected chi connectivity index (χ3v) is 4.05. The minimum atomic E-state index is -0.818. The van der Waals surface area contributed by atoms with E-state index in [4.69, 9.17) is 9.84 Å². The topological polar surface area (TPSA) is 108 Å². The van der Waals surface area contributed by atoms with Gasteiger partial charge in [0.1, 0.15) is 6.04 Å². The van der Waals surface area contributed by atoms with Crippen LogP contribution in [0, 0.1) is 5.92 Å². The first-order valence-corrected chi connectivity index (χ1v) is 7.12. The summed E-state index contributed by atoms with van der Waals surface area (Å²) in [5.41, 5.74) is 0. The van der Waals surface area contributed by atoms with Gasteiger partial charge in [0.15, 0.2) is 0 Å². The van der Waals surface area contributed by atoms with E-state index in [0.717, 1.165) is 0 Å². The number of hydrogen-bond acceptors (Lipinski definition) is 4. The van der Waals surface area contributed by atoms with Crippen molar-refractivity contribution in [3.63, 3.8) is 0 Å². The van der Waals surface area contributed by atoms with Gasteiger partial charge in [0, 0.05) is 19.6 Å². The third kappa shape index (κ3) is 3.63. The molecule has 0 aromatic carbocycles. The molecule has 0 bridgehead atoms. The van der Waals surface area contributed by atoms with Gasteiger partial charge in [-0.3, -0.25) is 9.59 Å². The van der Waals surface area contributed by atoms with Gasteiger partial charge in [-0.25, -0.2) is 4.79 Å². The predicted molar refractivity (Wildman–Crippen MR) is 72.7 cm³/mol. The molecule has 1 aliphatic heterocycles. The molecule has 1 heterocycles. The van der Waals surface area contributed by atoms with Gasteiger partial charge < -0.3 is 25.4 Å². The van der Waals surface area contributed by atoms with Gasteiger partial charge in [-0.15, -0.1) is 0 Å². The zero-order valence-electron chi connectivity index (χ0n) is 12.0. The largest absolute Gasteiger partial charge is 0.481 e. The molecule has 21 heavy (non-hydrogen) atoms. The summed E-state index contributed by atoms with van der Waals surface area (Å²) in [4.78, 5) is 36.4. The van der Waals surface area contributed by atoms with Crippen molar-refractivity contribution in [2.75, 3.05) is 26.8 Å². The van der Waals surface area contributed by atoms with Gasteiger partial charge in [-0.2, -0.15) is 0 Å². The molecule has 118 valence electrons. The molecule has 1 saturated heterocycles. The molecule has 1 unspecified atom stereocenters. The molecule has 0 radical (unpaired) electrons. The number of urea groups is 1. The molecule has 2 rings (SSSR count). The quantitative estimate of drug-likeness (QED) is 0.644. The van der Waals surface area contributed by atoms with Crippen LogP contribution in [0.4, 0.5) is 4.79 Å². The first-order valence-electron chi connectivity index (χ1n) is 7.12. The zero-order chi connectivity index (χ0) is 15.4. The van der Waals surface area contributed by atoms with Crippen LogP contribution in [0.5, 0.6) is 0 Å². The Kier molecular flexibility index (Phi) is 5.00. The third-order valence-electron chi connectivity index (χ3n) is 4.05. The SMILES string of the molecule is CNC(=O)C1COCCN1C(=O)N[C@H]1CC[C@@H](C(=O)O)C1. The number of aliphatic carboxylic acids is 1. The van der Waals surface area contributed by atoms with E-state index < -0.39 is 17.9 Å². The van der Waals surface area contributed by atoms with E-state index in [1.807, 2.05) is 0 Å². The van der Waals surface area contributed by atoms with Gasteiger partial charge in [0.25, 0.3) is 0 Å². The summed E-state index contributed by atoms with van der Waals surface area (Å²) in [6.07, 6.45) is 1.66. The first kappa shape index (κ1) is 15.6. The molecule has 2 aliphatic rings. The second-order valence-electron chi connectivity index (χ2n) is 5.39. The number of carboxylic acid groups (broad SMARTS) is 1. The fraction of sp³-hybridized carbons (Fsp3) is 0.769. The molecule has 1 aliphatic carbocycles. The summed E-state index contributed by atoms with van der Waals surface area (Å²) in [6.45, 7) is 0.915. The fourth-order valence-electron chi connectivity index (χ4n) is 2.83. The maximum Gasteiger partial charge on any atom is 0.318 e. The lowest BCUT2D eigenvalue weighted by molar-refractivity contribution is -0.141. The Bertz CT molecular complexity index is 428. The van der Waals surface area contributed by atoms with Crippen LogP contribution in [0.1, 0.15) is 19.3 Å². The highest BCUT2D eigenvalue weighted by Gasteiger charge is 2.35. The lowest BCUT2D eigenvalue weighted by Crippen LogP contribution is -2.58. The Labute approximate surface area is 122 Å². The van der Waals surface area contributed by atoms with Crippen LogP contribution in [0.25, 0.3) is 0 Å². The molecule has 2 fully saturated rings. The maximum atomic E-state index is 12.3. The second-order valence-corrected chi connectivity index (χ2v) is 5.39. The van der Waals surface area contributed by atoms with Crippen molar-refractivity contribution in [2.24, 2.45) is 5.92 Å². The Hall–Kier alpha value is -1.83. The summed E-state index contributed by atoms with van der Waals surface area (Å²) in [6, 6.07) is -1.12. The van der Waals surface area contributed by atoms with Crippen molar-refractivity contribution in [3.8, 4) is 0 Å². The highest BCUT2D eigenvalue weighted by atomic mass is 16.5. The van der Waals surface area contributed by atoms with Crippen LogP contribution in [-0.4, -0.2) is 66.8 Å². The van der Waals surface area contributed by atoms with E-state index in [9.17, 15) is 14.4 Å². The summed E-state index contributed by atoms with van der Waals surface area (Å²) in [5, 5.41) is 14.3. The van der Waals surface area contributed by atoms with Crippen LogP contribution in [0.3, 0.4) is 0 Å². The number of morpholine rings is 1. The highest BCUT2D eigenvalue weighted by Crippen LogP contribution is 2.26. The lowest BCUT2D eigenvalue weighted by atomic mass is 10.1. The van der Waals surface area contributed by atoms with E-state index >= 15 is 0 Å². The number of nitrogens with zero attached hydrogens (tertiary/aromatic N) is 1. The van der Waals surface area contributed by atoms with E-state index in [1.165, 1.54) is 11.9 Å². The molecular formula is C13H21N3O5. The van der Waals surface area contributed by atoms with Crippen LogP contribution in [0.2, 0.25) is 0 Å². The Morgan fingerprint density at radius 2 is 2.05 bits per heavy atom. The van der Waals surface area contributed by atoms with Crippen molar-refractivity contribution < 1.29 is 24.2 Å². The van der Waals surface area contributed by atoms with Gasteiger partial charge in [0.05, 0.1) is 19.1 Å². The van der Waals surface area contributed by atoms with Crippen LogP contribution >= 0.6 is 0 Å². The van der Waals surface area contributed by atoms with Gasteiger partial charge in [-0.1, -0.05) is 0 Å². The molecule has 0 aromatic rings. The average Bonchev–Trinajstić information content (AvgIpc) is 2.95. The number of carbonyl (C=O) groups is 3. The smallest absolute Gasteiger partial charge is 0.318 e. The first-order chi connectivity index (χ1) is 10.0. The van der Waals surface area contributed by atoms with Crippen LogP contribution in [-0.2, 0) is 14.3 Å². The number of likely N-dealkylation sites (N-methyl/N-ethyl adjacent to an activating group) is 1. The normalized spacial score (nSPS) is 29.0. The number of rotatable bonds is 3. The second kappa shape index (κ2) is 6.75. The molecule has 8 heteroatoms. The van der Waals surface area contributed by atoms with E-state index in [2.05, 4.69) is 10.6 Å². The number of carbonyl (C=O) groups excluding carboxylic acids is 2. The summed E-state index contributed by atoms with van der Waals surface area (Å²) in [7, 11) is 1.52. The summed E-state index contributed by atoms with van der Waals surface area (Å²) in [5.74, 6) is -1.48. The lowest BCUT2D eigenvalue weighted by Gasteiger charge is -2.35. The van der Waals surface area contributed by atoms with Crippen LogP contribution < -0.4 is 10.6 Å². The zero-order valence-corrected chi connectivity index (χ0v) is 12.0. The van der Waals surface area contributed by atoms with Crippen molar-refractivity contribution in [2.45, 2.75) is 31.3 Å². The van der Waals surface area contributed by atoms with Crippen molar-refractivity contribution in [1.29, 1.82) is 0 Å². The number of hydrogen-bond donors (Lipinski definition) is 3. The van der Waals surface area contributed by atoms with Crippen molar-refractivity contribution in [3.05, 3.63) is 0 Å². The molecule has 0 spiro atoms. The summed E-state index contributed by atoms with van der Waals surface area (Å²) < 4.78 is 5.24. The Balaban J connectivity index is 1.92. The Morgan fingerprint density at radius 1 is 1.29 bits per heavy atom. The highest BCUT2D eigenvalue weighted by molar-refractivity contribution is 5.87. The number of ether oxygens (including phenoxy) is 1. The van der Waals surface area contributed by atoms with Crippen molar-refractivity contribution in [1.82, 2.24) is 15.5 Å². The van der Waals surface area contributed by atoms with E-state index in [0.29, 0.717) is 32.4 Å². The number of amides is 3. The molecule has 3 amide bonds. The summed E-state index contributed by atoms with van der Waals surface area (Å²) >= 11 is 0. The maximum absolute atomic E-state index is 12.3. The minimum Gasteiger partial charge on any atom is -0.481 e. The van der Waals surface area contributed by atoms with Gasteiger partial charge >= 0.3 is 12.0 Å². The average molecular weight is 299 g/mol. The number of carboxylic acids is 1. The molecular weight excluding hydrogens is 278 g/mol. The Morgan fingerprint density at radius 3 is 2.67 bits per heavy atom. The fourth-order valence-corrected chi connectivity index (χ4v) is 2.83. The standard InChI is InChI=1S/C13H21N3O5/c1-14-11(17)10-7-21-5-4-16(10)13(20)15-9-3-2-8(6-9)12(18)19/h8-10H,2-7H2,1H3,(H,14,17)(H,15,20)(H,18,19)/t8-,9+,10?/m1/s1. The molecule has 3 atom stereocenters. The van der Waals surface area contributed by atoms with Gasteiger partial charge in [0.2, 0.25) is 5.91 Å². The molecule has 1 saturated carbocycles. The van der Waals surface area contributed by atoms with E-state index in [-0.39, 0.29) is 24.6 Å². The molecule has 3 N–H and O–H groups in total. The van der Waals surface area contributed by atoms with E-state index in [1.54, 1.807) is 0 Å². The minimum absolute atomic E-state index is 0.146. The monoisotopic (exact) mass is 299 g/mol. The van der Waals surface area contributed by atoms with Crippen molar-refractivity contribution >= 4 is 17.9 Å². The molecule has 0 aromatic heterocycles. The molecule has 8 nitrogen and oxygen atoms in total. The number of nitrogens with one attached hydrogen (secondary N) is 2. The predicted octanol–water partition coefficient (Wildman–Crippen LogP) is -0.604. The van der Waals surface area contributed by atoms with Gasteiger partial charge in [-0.05, 0) is 19.3 Å². The van der Waals surface area contributed by atoms with Crippen LogP contribution in [0.15, 0.2) is 0 Å².